The summed E-state index contributed by atoms with van der Waals surface area (Å²) in [6.07, 6.45) is 0. The Labute approximate surface area is 129 Å². The fourth-order valence-corrected chi connectivity index (χ4v) is 2.73. The van der Waals surface area contributed by atoms with Crippen molar-refractivity contribution in [2.45, 2.75) is 25.4 Å². The summed E-state index contributed by atoms with van der Waals surface area (Å²) in [5, 5.41) is 9.24. The van der Waals surface area contributed by atoms with E-state index in [4.69, 9.17) is 0 Å². The van der Waals surface area contributed by atoms with Gasteiger partial charge in [-0.2, -0.15) is 0 Å². The molecule has 0 amide bonds. The smallest absolute Gasteiger partial charge is 0.320 e. The highest BCUT2D eigenvalue weighted by Gasteiger charge is 2.46. The lowest BCUT2D eigenvalue weighted by atomic mass is 9.76. The fourth-order valence-electron chi connectivity index (χ4n) is 2.25. The van der Waals surface area contributed by atoms with Gasteiger partial charge < -0.3 is 9.84 Å². The molecule has 1 aromatic carbocycles. The molecule has 21 heavy (non-hydrogen) atoms. The molecular formula is C14H15BrF2O4. The lowest BCUT2D eigenvalue weighted by Crippen LogP contribution is -2.40. The highest BCUT2D eigenvalue weighted by molar-refractivity contribution is 9.10. The molecule has 4 nitrogen and oxygen atoms in total. The standard InChI is InChI=1S/C14H15BrF2O4/c1-14(2,17)11(10(12(18)19)13(20)21-3)7-4-8(15)6-9(16)5-7/h4-6,10-11H,1-3H3,(H,18,19). The van der Waals surface area contributed by atoms with Crippen LogP contribution in [-0.4, -0.2) is 29.8 Å². The van der Waals surface area contributed by atoms with Gasteiger partial charge in [-0.1, -0.05) is 15.9 Å². The van der Waals surface area contributed by atoms with Crippen molar-refractivity contribution >= 4 is 27.9 Å². The third-order valence-electron chi connectivity index (χ3n) is 3.04. The number of hydrogen-bond acceptors (Lipinski definition) is 3. The average Bonchev–Trinajstić information content (AvgIpc) is 2.31. The van der Waals surface area contributed by atoms with Crippen LogP contribution in [-0.2, 0) is 14.3 Å². The van der Waals surface area contributed by atoms with Crippen molar-refractivity contribution < 1.29 is 28.2 Å². The van der Waals surface area contributed by atoms with E-state index in [1.165, 1.54) is 6.07 Å². The first-order valence-electron chi connectivity index (χ1n) is 6.03. The Bertz CT molecular complexity index is 534. The van der Waals surface area contributed by atoms with Gasteiger partial charge in [0.25, 0.3) is 0 Å². The largest absolute Gasteiger partial charge is 0.481 e. The molecule has 0 heterocycles. The van der Waals surface area contributed by atoms with Crippen molar-refractivity contribution in [1.82, 2.24) is 0 Å². The van der Waals surface area contributed by atoms with Crippen LogP contribution in [0.25, 0.3) is 0 Å². The summed E-state index contributed by atoms with van der Waals surface area (Å²) in [5.74, 6) is -6.45. The molecule has 1 aromatic rings. The quantitative estimate of drug-likeness (QED) is 0.643. The van der Waals surface area contributed by atoms with Crippen LogP contribution in [0, 0.1) is 11.7 Å². The Morgan fingerprint density at radius 3 is 2.29 bits per heavy atom. The van der Waals surface area contributed by atoms with E-state index in [1.54, 1.807) is 0 Å². The van der Waals surface area contributed by atoms with E-state index < -0.39 is 35.3 Å². The monoisotopic (exact) mass is 364 g/mol. The van der Waals surface area contributed by atoms with Gasteiger partial charge in [-0.15, -0.1) is 0 Å². The first-order valence-corrected chi connectivity index (χ1v) is 6.82. The second kappa shape index (κ2) is 6.51. The SMILES string of the molecule is COC(=O)C(C(=O)O)C(c1cc(F)cc(Br)c1)C(C)(C)F. The van der Waals surface area contributed by atoms with Gasteiger partial charge in [-0.3, -0.25) is 9.59 Å². The summed E-state index contributed by atoms with van der Waals surface area (Å²) in [7, 11) is 1.02. The van der Waals surface area contributed by atoms with Crippen molar-refractivity contribution in [2.24, 2.45) is 5.92 Å². The van der Waals surface area contributed by atoms with Gasteiger partial charge in [0, 0.05) is 10.4 Å². The molecule has 2 atom stereocenters. The van der Waals surface area contributed by atoms with Gasteiger partial charge in [-0.05, 0) is 37.6 Å². The molecule has 2 unspecified atom stereocenters. The van der Waals surface area contributed by atoms with E-state index in [0.717, 1.165) is 33.1 Å². The van der Waals surface area contributed by atoms with E-state index in [0.29, 0.717) is 4.47 Å². The van der Waals surface area contributed by atoms with Crippen LogP contribution in [0.4, 0.5) is 8.78 Å². The van der Waals surface area contributed by atoms with Gasteiger partial charge in [0.1, 0.15) is 11.5 Å². The Balaban J connectivity index is 3.47. The van der Waals surface area contributed by atoms with Gasteiger partial charge in [0.05, 0.1) is 7.11 Å². The third kappa shape index (κ3) is 4.23. The van der Waals surface area contributed by atoms with Crippen LogP contribution < -0.4 is 0 Å². The molecular weight excluding hydrogens is 350 g/mol. The van der Waals surface area contributed by atoms with E-state index in [9.17, 15) is 23.5 Å². The maximum Gasteiger partial charge on any atom is 0.320 e. The lowest BCUT2D eigenvalue weighted by molar-refractivity contribution is -0.160. The van der Waals surface area contributed by atoms with Crippen LogP contribution in [0.3, 0.4) is 0 Å². The number of hydrogen-bond donors (Lipinski definition) is 1. The van der Waals surface area contributed by atoms with Crippen LogP contribution in [0.15, 0.2) is 22.7 Å². The molecule has 1 N–H and O–H groups in total. The van der Waals surface area contributed by atoms with Gasteiger partial charge in [-0.25, -0.2) is 8.78 Å². The number of ether oxygens (including phenoxy) is 1. The average molecular weight is 365 g/mol. The third-order valence-corrected chi connectivity index (χ3v) is 3.50. The summed E-state index contributed by atoms with van der Waals surface area (Å²) in [6, 6.07) is 3.54. The minimum Gasteiger partial charge on any atom is -0.481 e. The normalized spacial score (nSPS) is 14.4. The van der Waals surface area contributed by atoms with Crippen LogP contribution in [0.5, 0.6) is 0 Å². The second-order valence-corrected chi connectivity index (χ2v) is 6.00. The predicted molar refractivity (Wildman–Crippen MR) is 75.2 cm³/mol. The van der Waals surface area contributed by atoms with Crippen molar-refractivity contribution in [3.63, 3.8) is 0 Å². The lowest BCUT2D eigenvalue weighted by Gasteiger charge is -2.31. The number of carboxylic acid groups (broad SMARTS) is 1. The summed E-state index contributed by atoms with van der Waals surface area (Å²) >= 11 is 3.06. The number of alkyl halides is 1. The number of carbonyl (C=O) groups excluding carboxylic acids is 1. The highest BCUT2D eigenvalue weighted by Crippen LogP contribution is 2.39. The fraction of sp³-hybridized carbons (Fsp3) is 0.429. The molecule has 7 heteroatoms. The summed E-state index contributed by atoms with van der Waals surface area (Å²) in [4.78, 5) is 23.1. The first-order chi connectivity index (χ1) is 9.57. The number of esters is 1. The van der Waals surface area contributed by atoms with E-state index in [2.05, 4.69) is 20.7 Å². The summed E-state index contributed by atoms with van der Waals surface area (Å²) < 4.78 is 32.8. The molecule has 116 valence electrons. The molecule has 0 aliphatic rings. The molecule has 0 aliphatic heterocycles. The molecule has 0 saturated carbocycles. The zero-order valence-electron chi connectivity index (χ0n) is 11.7. The zero-order valence-corrected chi connectivity index (χ0v) is 13.3. The van der Waals surface area contributed by atoms with Gasteiger partial charge >= 0.3 is 11.9 Å². The molecule has 1 rings (SSSR count). The highest BCUT2D eigenvalue weighted by atomic mass is 79.9. The molecule has 0 radical (unpaired) electrons. The van der Waals surface area contributed by atoms with Crippen LogP contribution >= 0.6 is 15.9 Å². The first kappa shape index (κ1) is 17.6. The number of carbonyl (C=O) groups is 2. The Morgan fingerprint density at radius 2 is 1.90 bits per heavy atom. The van der Waals surface area contributed by atoms with Crippen LogP contribution in [0.2, 0.25) is 0 Å². The Kier molecular flexibility index (Phi) is 5.44. The van der Waals surface area contributed by atoms with Crippen molar-refractivity contribution in [3.05, 3.63) is 34.1 Å². The van der Waals surface area contributed by atoms with Gasteiger partial charge in [0.15, 0.2) is 5.92 Å². The maximum atomic E-state index is 14.5. The molecule has 0 bridgehead atoms. The molecule has 0 aliphatic carbocycles. The molecule has 0 saturated heterocycles. The van der Waals surface area contributed by atoms with E-state index in [-0.39, 0.29) is 5.56 Å². The molecule has 0 fully saturated rings. The second-order valence-electron chi connectivity index (χ2n) is 5.08. The van der Waals surface area contributed by atoms with E-state index in [1.807, 2.05) is 0 Å². The number of carboxylic acids is 1. The molecule has 0 spiro atoms. The van der Waals surface area contributed by atoms with E-state index >= 15 is 0 Å². The number of aliphatic carboxylic acids is 1. The number of benzene rings is 1. The number of methoxy groups -OCH3 is 1. The maximum absolute atomic E-state index is 14.5. The Hall–Kier alpha value is -1.50. The molecule has 0 aromatic heterocycles. The van der Waals surface area contributed by atoms with Crippen molar-refractivity contribution in [3.8, 4) is 0 Å². The summed E-state index contributed by atoms with van der Waals surface area (Å²) in [5.41, 5.74) is -2.02. The Morgan fingerprint density at radius 1 is 1.33 bits per heavy atom. The number of halogens is 3. The summed E-state index contributed by atoms with van der Waals surface area (Å²) in [6.45, 7) is 2.27. The number of rotatable bonds is 5. The van der Waals surface area contributed by atoms with Gasteiger partial charge in [0.2, 0.25) is 0 Å². The van der Waals surface area contributed by atoms with Crippen LogP contribution in [0.1, 0.15) is 25.3 Å². The zero-order chi connectivity index (χ0) is 16.4. The minimum absolute atomic E-state index is 0.0622. The minimum atomic E-state index is -2.08. The van der Waals surface area contributed by atoms with Crippen molar-refractivity contribution in [1.29, 1.82) is 0 Å². The van der Waals surface area contributed by atoms with Crippen molar-refractivity contribution in [2.75, 3.05) is 7.11 Å². The predicted octanol–water partition coefficient (Wildman–Crippen LogP) is 3.29. The topological polar surface area (TPSA) is 63.6 Å².